The van der Waals surface area contributed by atoms with Crippen LogP contribution in [-0.2, 0) is 4.79 Å². The number of ether oxygens (including phenoxy) is 1. The van der Waals surface area contributed by atoms with Gasteiger partial charge in [-0.3, -0.25) is 4.79 Å². The second-order valence-corrected chi connectivity index (χ2v) is 6.68. The molecule has 0 saturated carbocycles. The standard InChI is InChI=1S/C22H24N2O4/c1-16-7-5-8-17(13-16)27-15-21(25)24(2)12-6-11-23-19-14-22(26)28-20-10-4-3-9-18(19)20/h3-5,7-10,13-14,23H,6,11-12,15H2,1-2H3. The third kappa shape index (κ3) is 5.13. The molecule has 3 aromatic rings. The van der Waals surface area contributed by atoms with E-state index in [-0.39, 0.29) is 18.1 Å². The Balaban J connectivity index is 1.46. The minimum atomic E-state index is -0.387. The van der Waals surface area contributed by atoms with Gasteiger partial charge < -0.3 is 19.4 Å². The Bertz CT molecular complexity index is 1010. The molecule has 0 atom stereocenters. The summed E-state index contributed by atoms with van der Waals surface area (Å²) < 4.78 is 10.7. The van der Waals surface area contributed by atoms with Crippen LogP contribution in [0.15, 0.2) is 63.8 Å². The number of carbonyl (C=O) groups excluding carboxylic acids is 1. The molecule has 1 heterocycles. The average molecular weight is 380 g/mol. The molecule has 0 aliphatic rings. The fourth-order valence-corrected chi connectivity index (χ4v) is 2.88. The average Bonchev–Trinajstić information content (AvgIpc) is 2.69. The number of nitrogens with zero attached hydrogens (tertiary/aromatic N) is 1. The van der Waals surface area contributed by atoms with Crippen LogP contribution in [0.4, 0.5) is 5.69 Å². The molecule has 0 fully saturated rings. The smallest absolute Gasteiger partial charge is 0.338 e. The van der Waals surface area contributed by atoms with E-state index in [1.165, 1.54) is 6.07 Å². The molecule has 0 aliphatic carbocycles. The van der Waals surface area contributed by atoms with E-state index < -0.39 is 0 Å². The van der Waals surface area contributed by atoms with E-state index in [9.17, 15) is 9.59 Å². The molecule has 0 saturated heterocycles. The number of rotatable bonds is 8. The third-order valence-corrected chi connectivity index (χ3v) is 4.41. The number of anilines is 1. The van der Waals surface area contributed by atoms with Crippen LogP contribution in [0.5, 0.6) is 5.75 Å². The fraction of sp³-hybridized carbons (Fsp3) is 0.273. The molecular weight excluding hydrogens is 356 g/mol. The minimum absolute atomic E-state index is 0.0117. The maximum Gasteiger partial charge on any atom is 0.338 e. The van der Waals surface area contributed by atoms with Crippen molar-refractivity contribution in [2.45, 2.75) is 13.3 Å². The summed E-state index contributed by atoms with van der Waals surface area (Å²) in [6, 6.07) is 16.5. The number of carbonyl (C=O) groups is 1. The summed E-state index contributed by atoms with van der Waals surface area (Å²) in [5.74, 6) is 0.616. The number of hydrogen-bond acceptors (Lipinski definition) is 5. The zero-order chi connectivity index (χ0) is 19.9. The van der Waals surface area contributed by atoms with E-state index in [4.69, 9.17) is 9.15 Å². The van der Waals surface area contributed by atoms with Crippen LogP contribution in [0.1, 0.15) is 12.0 Å². The molecule has 0 aliphatic heterocycles. The number of nitrogens with one attached hydrogen (secondary N) is 1. The number of fused-ring (bicyclic) bond motifs is 1. The van der Waals surface area contributed by atoms with E-state index >= 15 is 0 Å². The summed E-state index contributed by atoms with van der Waals surface area (Å²) in [5, 5.41) is 4.12. The van der Waals surface area contributed by atoms with Crippen molar-refractivity contribution in [3.63, 3.8) is 0 Å². The SMILES string of the molecule is Cc1cccc(OCC(=O)N(C)CCCNc2cc(=O)oc3ccccc23)c1. The lowest BCUT2D eigenvalue weighted by Gasteiger charge is -2.18. The second kappa shape index (κ2) is 9.08. The van der Waals surface area contributed by atoms with E-state index in [0.29, 0.717) is 24.4 Å². The first-order valence-electron chi connectivity index (χ1n) is 9.23. The third-order valence-electron chi connectivity index (χ3n) is 4.41. The van der Waals surface area contributed by atoms with Gasteiger partial charge in [0.25, 0.3) is 5.91 Å². The van der Waals surface area contributed by atoms with Gasteiger partial charge in [0.2, 0.25) is 0 Å². The van der Waals surface area contributed by atoms with E-state index in [2.05, 4.69) is 5.32 Å². The van der Waals surface area contributed by atoms with Crippen LogP contribution in [0.2, 0.25) is 0 Å². The monoisotopic (exact) mass is 380 g/mol. The van der Waals surface area contributed by atoms with Crippen molar-refractivity contribution in [3.05, 3.63) is 70.6 Å². The molecule has 6 heteroatoms. The summed E-state index contributed by atoms with van der Waals surface area (Å²) in [6.07, 6.45) is 0.737. The van der Waals surface area contributed by atoms with Crippen molar-refractivity contribution < 1.29 is 13.9 Å². The second-order valence-electron chi connectivity index (χ2n) is 6.68. The Morgan fingerprint density at radius 3 is 2.79 bits per heavy atom. The van der Waals surface area contributed by atoms with Crippen molar-refractivity contribution in [1.29, 1.82) is 0 Å². The highest BCUT2D eigenvalue weighted by atomic mass is 16.5. The number of para-hydroxylation sites is 1. The summed E-state index contributed by atoms with van der Waals surface area (Å²) in [7, 11) is 1.76. The van der Waals surface area contributed by atoms with Crippen molar-refractivity contribution in [2.75, 3.05) is 32.1 Å². The molecule has 6 nitrogen and oxygen atoms in total. The molecule has 0 bridgehead atoms. The van der Waals surface area contributed by atoms with Crippen LogP contribution in [-0.4, -0.2) is 37.6 Å². The van der Waals surface area contributed by atoms with Gasteiger partial charge in [-0.25, -0.2) is 4.79 Å². The molecule has 2 aromatic carbocycles. The van der Waals surface area contributed by atoms with Gasteiger partial charge in [-0.05, 0) is 43.2 Å². The molecule has 28 heavy (non-hydrogen) atoms. The first kappa shape index (κ1) is 19.5. The Morgan fingerprint density at radius 1 is 1.14 bits per heavy atom. The normalized spacial score (nSPS) is 10.6. The van der Waals surface area contributed by atoms with Gasteiger partial charge in [0.05, 0.1) is 5.69 Å². The van der Waals surface area contributed by atoms with Gasteiger partial charge in [0, 0.05) is 31.6 Å². The van der Waals surface area contributed by atoms with Crippen molar-refractivity contribution >= 4 is 22.6 Å². The molecule has 0 radical (unpaired) electrons. The van der Waals surface area contributed by atoms with Crippen LogP contribution in [0.3, 0.4) is 0 Å². The van der Waals surface area contributed by atoms with Crippen LogP contribution in [0, 0.1) is 6.92 Å². The summed E-state index contributed by atoms with van der Waals surface area (Å²) in [6.45, 7) is 3.21. The van der Waals surface area contributed by atoms with Crippen LogP contribution in [0.25, 0.3) is 11.0 Å². The lowest BCUT2D eigenvalue weighted by atomic mass is 10.2. The highest BCUT2D eigenvalue weighted by molar-refractivity contribution is 5.89. The van der Waals surface area contributed by atoms with Gasteiger partial charge in [-0.2, -0.15) is 0 Å². The number of benzene rings is 2. The quantitative estimate of drug-likeness (QED) is 0.479. The Morgan fingerprint density at radius 2 is 1.96 bits per heavy atom. The highest BCUT2D eigenvalue weighted by Gasteiger charge is 2.10. The predicted molar refractivity (Wildman–Crippen MR) is 110 cm³/mol. The first-order chi connectivity index (χ1) is 13.5. The minimum Gasteiger partial charge on any atom is -0.484 e. The summed E-state index contributed by atoms with van der Waals surface area (Å²) in [4.78, 5) is 25.5. The Labute approximate surface area is 163 Å². The lowest BCUT2D eigenvalue weighted by molar-refractivity contribution is -0.132. The van der Waals surface area contributed by atoms with Crippen LogP contribution >= 0.6 is 0 Å². The van der Waals surface area contributed by atoms with Crippen LogP contribution < -0.4 is 15.7 Å². The zero-order valence-corrected chi connectivity index (χ0v) is 16.1. The number of hydrogen-bond donors (Lipinski definition) is 1. The molecule has 0 spiro atoms. The molecular formula is C22H24N2O4. The van der Waals surface area contributed by atoms with E-state index in [1.807, 2.05) is 49.4 Å². The maximum absolute atomic E-state index is 12.2. The van der Waals surface area contributed by atoms with E-state index in [1.54, 1.807) is 18.0 Å². The summed E-state index contributed by atoms with van der Waals surface area (Å²) in [5.41, 5.74) is 2.00. The number of aryl methyl sites for hydroxylation is 1. The van der Waals surface area contributed by atoms with Gasteiger partial charge in [0.15, 0.2) is 6.61 Å². The first-order valence-corrected chi connectivity index (χ1v) is 9.23. The van der Waals surface area contributed by atoms with Crippen molar-refractivity contribution in [3.8, 4) is 5.75 Å². The lowest BCUT2D eigenvalue weighted by Crippen LogP contribution is -2.33. The van der Waals surface area contributed by atoms with Gasteiger partial charge in [-0.1, -0.05) is 24.3 Å². The van der Waals surface area contributed by atoms with Gasteiger partial charge >= 0.3 is 5.63 Å². The van der Waals surface area contributed by atoms with Gasteiger partial charge in [-0.15, -0.1) is 0 Å². The highest BCUT2D eigenvalue weighted by Crippen LogP contribution is 2.20. The van der Waals surface area contributed by atoms with Crippen molar-refractivity contribution in [2.24, 2.45) is 0 Å². The predicted octanol–water partition coefficient (Wildman–Crippen LogP) is 3.44. The van der Waals surface area contributed by atoms with Gasteiger partial charge in [0.1, 0.15) is 11.3 Å². The molecule has 146 valence electrons. The maximum atomic E-state index is 12.2. The summed E-state index contributed by atoms with van der Waals surface area (Å²) >= 11 is 0. The topological polar surface area (TPSA) is 71.8 Å². The van der Waals surface area contributed by atoms with Crippen molar-refractivity contribution in [1.82, 2.24) is 4.90 Å². The largest absolute Gasteiger partial charge is 0.484 e. The Hall–Kier alpha value is -3.28. The number of amides is 1. The fourth-order valence-electron chi connectivity index (χ4n) is 2.88. The molecule has 3 rings (SSSR count). The number of likely N-dealkylation sites (N-methyl/N-ethyl adjacent to an activating group) is 1. The molecule has 0 unspecified atom stereocenters. The zero-order valence-electron chi connectivity index (χ0n) is 16.1. The Kier molecular flexibility index (Phi) is 6.32. The van der Waals surface area contributed by atoms with E-state index in [0.717, 1.165) is 23.1 Å². The molecule has 1 amide bonds. The molecule has 1 aromatic heterocycles. The molecule has 1 N–H and O–H groups in total.